The maximum Gasteiger partial charge on any atom is 0.246 e. The second-order valence-corrected chi connectivity index (χ2v) is 11.5. The number of benzene rings is 1. The van der Waals surface area contributed by atoms with Gasteiger partial charge in [0.1, 0.15) is 11.6 Å². The highest BCUT2D eigenvalue weighted by molar-refractivity contribution is 6.30. The minimum atomic E-state index is -1.15. The number of nitrogens with zero attached hydrogens (tertiary/aromatic N) is 2. The van der Waals surface area contributed by atoms with Crippen molar-refractivity contribution in [3.63, 3.8) is 0 Å². The van der Waals surface area contributed by atoms with Crippen molar-refractivity contribution in [2.75, 3.05) is 44.7 Å². The van der Waals surface area contributed by atoms with Crippen molar-refractivity contribution in [2.45, 2.75) is 55.9 Å². The SMILES string of the molecule is O=C(Nc1ccc(Cl)cc1)[C@H]1[C@H]2C=C[C@@]3(O2)[C@H]1C(=O)N(CCN1CCOCC1)[C@@H]3C(=O)NC1CCCCC1. The summed E-state index contributed by atoms with van der Waals surface area (Å²) in [5.74, 6) is -2.13. The Bertz CT molecular complexity index is 1100. The van der Waals surface area contributed by atoms with Crippen LogP contribution >= 0.6 is 11.6 Å². The van der Waals surface area contributed by atoms with Crippen LogP contribution < -0.4 is 10.6 Å². The first-order chi connectivity index (χ1) is 18.5. The summed E-state index contributed by atoms with van der Waals surface area (Å²) >= 11 is 6.00. The molecule has 204 valence electrons. The van der Waals surface area contributed by atoms with Crippen LogP contribution in [0.2, 0.25) is 5.02 Å². The number of amides is 3. The van der Waals surface area contributed by atoms with Crippen LogP contribution in [0.5, 0.6) is 0 Å². The largest absolute Gasteiger partial charge is 0.379 e. The van der Waals surface area contributed by atoms with E-state index in [1.54, 1.807) is 29.2 Å². The summed E-state index contributed by atoms with van der Waals surface area (Å²) in [6.45, 7) is 3.94. The minimum absolute atomic E-state index is 0.106. The van der Waals surface area contributed by atoms with Crippen LogP contribution in [0.25, 0.3) is 0 Å². The van der Waals surface area contributed by atoms with Crippen molar-refractivity contribution in [2.24, 2.45) is 11.8 Å². The van der Waals surface area contributed by atoms with Crippen molar-refractivity contribution < 1.29 is 23.9 Å². The van der Waals surface area contributed by atoms with Gasteiger partial charge in [-0.3, -0.25) is 19.3 Å². The van der Waals surface area contributed by atoms with E-state index < -0.39 is 29.6 Å². The maximum absolute atomic E-state index is 14.1. The zero-order valence-corrected chi connectivity index (χ0v) is 22.2. The average Bonchev–Trinajstić information content (AvgIpc) is 3.57. The van der Waals surface area contributed by atoms with Crippen molar-refractivity contribution >= 4 is 35.0 Å². The van der Waals surface area contributed by atoms with Crippen LogP contribution in [-0.4, -0.2) is 90.7 Å². The first kappa shape index (κ1) is 25.8. The normalized spacial score (nSPS) is 33.0. The lowest BCUT2D eigenvalue weighted by Gasteiger charge is -2.35. The summed E-state index contributed by atoms with van der Waals surface area (Å²) in [5.41, 5.74) is -0.547. The number of carbonyl (C=O) groups excluding carboxylic acids is 3. The highest BCUT2D eigenvalue weighted by Crippen LogP contribution is 2.55. The van der Waals surface area contributed by atoms with Crippen LogP contribution in [0.4, 0.5) is 5.69 Å². The lowest BCUT2D eigenvalue weighted by atomic mass is 9.74. The molecule has 6 rings (SSSR count). The number of rotatable bonds is 7. The molecule has 1 saturated carbocycles. The highest BCUT2D eigenvalue weighted by atomic mass is 35.5. The molecule has 1 aliphatic carbocycles. The van der Waals surface area contributed by atoms with Crippen LogP contribution in [0.1, 0.15) is 32.1 Å². The van der Waals surface area contributed by atoms with Crippen molar-refractivity contribution in [1.82, 2.24) is 15.1 Å². The van der Waals surface area contributed by atoms with E-state index in [1.807, 2.05) is 12.2 Å². The van der Waals surface area contributed by atoms with Crippen LogP contribution in [-0.2, 0) is 23.9 Å². The molecule has 1 aromatic rings. The van der Waals surface area contributed by atoms with Crippen molar-refractivity contribution in [3.05, 3.63) is 41.4 Å². The first-order valence-electron chi connectivity index (χ1n) is 13.8. The molecular weight excluding hydrogens is 508 g/mol. The average molecular weight is 543 g/mol. The zero-order valence-electron chi connectivity index (χ0n) is 21.4. The Morgan fingerprint density at radius 2 is 1.76 bits per heavy atom. The molecule has 0 unspecified atom stereocenters. The van der Waals surface area contributed by atoms with Gasteiger partial charge < -0.3 is 25.0 Å². The van der Waals surface area contributed by atoms with Crippen molar-refractivity contribution in [3.8, 4) is 0 Å². The van der Waals surface area contributed by atoms with Crippen LogP contribution in [0.15, 0.2) is 36.4 Å². The van der Waals surface area contributed by atoms with Gasteiger partial charge in [-0.25, -0.2) is 0 Å². The molecule has 9 nitrogen and oxygen atoms in total. The number of fused-ring (bicyclic) bond motifs is 1. The fourth-order valence-corrected chi connectivity index (χ4v) is 6.99. The maximum atomic E-state index is 14.1. The molecule has 1 aromatic carbocycles. The second kappa shape index (κ2) is 10.6. The predicted molar refractivity (Wildman–Crippen MR) is 142 cm³/mol. The highest BCUT2D eigenvalue weighted by Gasteiger charge is 2.72. The van der Waals surface area contributed by atoms with E-state index in [-0.39, 0.29) is 23.8 Å². The zero-order chi connectivity index (χ0) is 26.3. The van der Waals surface area contributed by atoms with E-state index in [9.17, 15) is 14.4 Å². The Morgan fingerprint density at radius 3 is 2.50 bits per heavy atom. The standard InChI is InChI=1S/C28H35ClN4O5/c29-18-6-8-20(9-7-18)30-25(34)22-21-10-11-28(38-21)23(22)27(36)33(13-12-32-14-16-37-17-15-32)24(28)26(35)31-19-4-2-1-3-5-19/h6-11,19,21-24H,1-5,12-17H2,(H,30,34)(H,31,35)/t21-,22+,23-,24-,28-/m1/s1. The number of carbonyl (C=O) groups is 3. The summed E-state index contributed by atoms with van der Waals surface area (Å²) < 4.78 is 11.9. The molecule has 1 spiro atoms. The van der Waals surface area contributed by atoms with E-state index in [0.717, 1.165) is 38.8 Å². The Hall–Kier alpha value is -2.46. The fourth-order valence-electron chi connectivity index (χ4n) is 6.87. The number of morpholine rings is 1. The Morgan fingerprint density at radius 1 is 1.03 bits per heavy atom. The van der Waals surface area contributed by atoms with Gasteiger partial charge in [0, 0.05) is 42.9 Å². The Kier molecular flexibility index (Phi) is 7.20. The lowest BCUT2D eigenvalue weighted by molar-refractivity contribution is -0.141. The first-order valence-corrected chi connectivity index (χ1v) is 14.2. The van der Waals surface area contributed by atoms with Crippen LogP contribution in [0.3, 0.4) is 0 Å². The molecule has 5 atom stereocenters. The fraction of sp³-hybridized carbons (Fsp3) is 0.607. The van der Waals surface area contributed by atoms with E-state index in [2.05, 4.69) is 15.5 Å². The molecule has 3 amide bonds. The van der Waals surface area contributed by atoms with Crippen LogP contribution in [0, 0.1) is 11.8 Å². The number of halogens is 1. The number of hydrogen-bond acceptors (Lipinski definition) is 6. The van der Waals surface area contributed by atoms with Gasteiger partial charge in [0.2, 0.25) is 17.7 Å². The van der Waals surface area contributed by atoms with E-state index in [0.29, 0.717) is 37.0 Å². The molecule has 3 saturated heterocycles. The number of likely N-dealkylation sites (tertiary alicyclic amines) is 1. The van der Waals surface area contributed by atoms with Gasteiger partial charge >= 0.3 is 0 Å². The summed E-state index contributed by atoms with van der Waals surface area (Å²) in [6.07, 6.45) is 8.42. The smallest absolute Gasteiger partial charge is 0.246 e. The predicted octanol–water partition coefficient (Wildman–Crippen LogP) is 2.21. The molecule has 4 fully saturated rings. The molecule has 2 bridgehead atoms. The Balaban J connectivity index is 1.26. The van der Waals surface area contributed by atoms with Gasteiger partial charge in [0.15, 0.2) is 0 Å². The van der Waals surface area contributed by atoms with E-state index >= 15 is 0 Å². The Labute approximate surface area is 227 Å². The third-order valence-electron chi connectivity index (χ3n) is 8.75. The third-order valence-corrected chi connectivity index (χ3v) is 9.00. The quantitative estimate of drug-likeness (QED) is 0.513. The summed E-state index contributed by atoms with van der Waals surface area (Å²) in [7, 11) is 0. The number of hydrogen-bond donors (Lipinski definition) is 2. The van der Waals surface area contributed by atoms with Gasteiger partial charge in [0.05, 0.1) is 31.2 Å². The number of anilines is 1. The molecular formula is C28H35ClN4O5. The third kappa shape index (κ3) is 4.63. The molecule has 4 aliphatic heterocycles. The lowest BCUT2D eigenvalue weighted by Crippen LogP contribution is -2.57. The van der Waals surface area contributed by atoms with Gasteiger partial charge in [-0.15, -0.1) is 0 Å². The topological polar surface area (TPSA) is 100 Å². The van der Waals surface area contributed by atoms with Gasteiger partial charge in [0.25, 0.3) is 0 Å². The van der Waals surface area contributed by atoms with E-state index in [1.165, 1.54) is 6.42 Å². The van der Waals surface area contributed by atoms with Gasteiger partial charge in [-0.05, 0) is 37.1 Å². The number of nitrogens with one attached hydrogen (secondary N) is 2. The van der Waals surface area contributed by atoms with Gasteiger partial charge in [-0.1, -0.05) is 43.0 Å². The molecule has 10 heteroatoms. The minimum Gasteiger partial charge on any atom is -0.379 e. The van der Waals surface area contributed by atoms with Gasteiger partial charge in [-0.2, -0.15) is 0 Å². The monoisotopic (exact) mass is 542 g/mol. The molecule has 5 aliphatic rings. The summed E-state index contributed by atoms with van der Waals surface area (Å²) in [5, 5.41) is 6.74. The van der Waals surface area contributed by atoms with Crippen molar-refractivity contribution in [1.29, 1.82) is 0 Å². The summed E-state index contributed by atoms with van der Waals surface area (Å²) in [4.78, 5) is 45.4. The molecule has 0 aromatic heterocycles. The number of ether oxygens (including phenoxy) is 2. The molecule has 0 radical (unpaired) electrons. The molecule has 4 heterocycles. The molecule has 38 heavy (non-hydrogen) atoms. The second-order valence-electron chi connectivity index (χ2n) is 11.0. The summed E-state index contributed by atoms with van der Waals surface area (Å²) in [6, 6.07) is 6.16. The molecule has 2 N–H and O–H groups in total. The van der Waals surface area contributed by atoms with E-state index in [4.69, 9.17) is 21.1 Å².